The van der Waals surface area contributed by atoms with Crippen LogP contribution in [-0.4, -0.2) is 20.3 Å². The maximum absolute atomic E-state index is 5.44. The number of methoxy groups -OCH3 is 1. The molecule has 0 heterocycles. The second-order valence-corrected chi connectivity index (χ2v) is 3.09. The van der Waals surface area contributed by atoms with Gasteiger partial charge < -0.3 is 9.47 Å². The van der Waals surface area contributed by atoms with E-state index in [1.54, 1.807) is 7.11 Å². The van der Waals surface area contributed by atoms with E-state index in [2.05, 4.69) is 19.1 Å². The molecule has 2 nitrogen and oxygen atoms in total. The number of hydrogen-bond acceptors (Lipinski definition) is 2. The first-order valence-electron chi connectivity index (χ1n) is 4.86. The van der Waals surface area contributed by atoms with Crippen molar-refractivity contribution in [2.75, 3.05) is 20.3 Å². The summed E-state index contributed by atoms with van der Waals surface area (Å²) in [7, 11) is 1.67. The highest BCUT2D eigenvalue weighted by Gasteiger charge is 1.94. The molecule has 0 fully saturated rings. The Morgan fingerprint density at radius 3 is 2.43 bits per heavy atom. The van der Waals surface area contributed by atoms with Gasteiger partial charge >= 0.3 is 0 Å². The quantitative estimate of drug-likeness (QED) is 0.646. The van der Waals surface area contributed by atoms with Crippen molar-refractivity contribution < 1.29 is 9.47 Å². The first-order valence-corrected chi connectivity index (χ1v) is 4.86. The summed E-state index contributed by atoms with van der Waals surface area (Å²) in [5, 5.41) is 0. The molecule has 0 aliphatic carbocycles. The largest absolute Gasteiger partial charge is 0.491 e. The van der Waals surface area contributed by atoms with E-state index in [0.717, 1.165) is 18.6 Å². The fourth-order valence-corrected chi connectivity index (χ4v) is 1.20. The van der Waals surface area contributed by atoms with Crippen molar-refractivity contribution in [2.24, 2.45) is 0 Å². The highest BCUT2D eigenvalue weighted by Crippen LogP contribution is 2.12. The smallest absolute Gasteiger partial charge is 0.119 e. The Labute approximate surface area is 85.8 Å². The molecule has 0 saturated heterocycles. The summed E-state index contributed by atoms with van der Waals surface area (Å²) in [6.07, 6.45) is 1.96. The van der Waals surface area contributed by atoms with E-state index in [9.17, 15) is 0 Å². The van der Waals surface area contributed by atoms with Gasteiger partial charge in [0.05, 0.1) is 6.61 Å². The van der Waals surface area contributed by atoms with E-state index in [0.29, 0.717) is 13.2 Å². The normalized spacial score (nSPS) is 10.1. The lowest BCUT2D eigenvalue weighted by molar-refractivity contribution is 0.146. The molecule has 1 radical (unpaired) electrons. The molecule has 0 amide bonds. The summed E-state index contributed by atoms with van der Waals surface area (Å²) in [4.78, 5) is 0. The average Bonchev–Trinajstić information content (AvgIpc) is 2.21. The summed E-state index contributed by atoms with van der Waals surface area (Å²) in [6, 6.07) is 8.13. The molecule has 0 aliphatic rings. The Bertz CT molecular complexity index is 241. The van der Waals surface area contributed by atoms with E-state index in [1.165, 1.54) is 5.56 Å². The molecule has 0 saturated carbocycles. The highest BCUT2D eigenvalue weighted by atomic mass is 16.5. The summed E-state index contributed by atoms with van der Waals surface area (Å²) in [6.45, 7) is 5.04. The molecule has 1 aromatic rings. The second-order valence-electron chi connectivity index (χ2n) is 3.09. The minimum Gasteiger partial charge on any atom is -0.491 e. The minimum absolute atomic E-state index is 0.602. The second kappa shape index (κ2) is 6.44. The fraction of sp³-hybridized carbons (Fsp3) is 0.417. The van der Waals surface area contributed by atoms with Crippen LogP contribution in [0.3, 0.4) is 0 Å². The van der Waals surface area contributed by atoms with Crippen molar-refractivity contribution in [3.8, 4) is 5.75 Å². The third-order valence-corrected chi connectivity index (χ3v) is 1.94. The monoisotopic (exact) mass is 193 g/mol. The van der Waals surface area contributed by atoms with Gasteiger partial charge in [-0.1, -0.05) is 19.1 Å². The van der Waals surface area contributed by atoms with Crippen LogP contribution in [0, 0.1) is 6.92 Å². The predicted molar refractivity (Wildman–Crippen MR) is 57.5 cm³/mol. The SMILES string of the molecule is [CH2]CCc1ccc(OCCOC)cc1. The van der Waals surface area contributed by atoms with Crippen LogP contribution in [0.5, 0.6) is 5.75 Å². The molecule has 0 unspecified atom stereocenters. The minimum atomic E-state index is 0.602. The van der Waals surface area contributed by atoms with Crippen LogP contribution in [0.2, 0.25) is 0 Å². The van der Waals surface area contributed by atoms with Crippen LogP contribution in [0.1, 0.15) is 12.0 Å². The molecule has 1 rings (SSSR count). The molecule has 0 spiro atoms. The molecule has 0 bridgehead atoms. The van der Waals surface area contributed by atoms with Crippen LogP contribution < -0.4 is 4.74 Å². The van der Waals surface area contributed by atoms with Crippen molar-refractivity contribution in [1.29, 1.82) is 0 Å². The predicted octanol–water partition coefficient (Wildman–Crippen LogP) is 2.48. The van der Waals surface area contributed by atoms with Crippen molar-refractivity contribution in [3.63, 3.8) is 0 Å². The van der Waals surface area contributed by atoms with Crippen LogP contribution >= 0.6 is 0 Å². The van der Waals surface area contributed by atoms with Gasteiger partial charge in [0.2, 0.25) is 0 Å². The van der Waals surface area contributed by atoms with Gasteiger partial charge in [0.25, 0.3) is 0 Å². The summed E-state index contributed by atoms with van der Waals surface area (Å²) in [5.41, 5.74) is 1.30. The number of hydrogen-bond donors (Lipinski definition) is 0. The van der Waals surface area contributed by atoms with Crippen molar-refractivity contribution in [2.45, 2.75) is 12.8 Å². The molecular weight excluding hydrogens is 176 g/mol. The lowest BCUT2D eigenvalue weighted by Crippen LogP contribution is -2.04. The molecule has 2 heteroatoms. The van der Waals surface area contributed by atoms with E-state index in [1.807, 2.05) is 12.1 Å². The third kappa shape index (κ3) is 3.79. The zero-order valence-electron chi connectivity index (χ0n) is 8.66. The van der Waals surface area contributed by atoms with Gasteiger partial charge in [-0.15, -0.1) is 0 Å². The molecule has 0 N–H and O–H groups in total. The Morgan fingerprint density at radius 1 is 1.14 bits per heavy atom. The molecular formula is C12H17O2. The molecule has 0 atom stereocenters. The number of ether oxygens (including phenoxy) is 2. The first kappa shape index (κ1) is 11.1. The Morgan fingerprint density at radius 2 is 1.86 bits per heavy atom. The summed E-state index contributed by atoms with van der Waals surface area (Å²) < 4.78 is 10.3. The van der Waals surface area contributed by atoms with E-state index >= 15 is 0 Å². The average molecular weight is 193 g/mol. The standard InChI is InChI=1S/C12H17O2/c1-3-4-11-5-7-12(8-6-11)14-10-9-13-2/h5-8H,1,3-4,9-10H2,2H3. The van der Waals surface area contributed by atoms with Gasteiger partial charge in [-0.3, -0.25) is 0 Å². The maximum Gasteiger partial charge on any atom is 0.119 e. The van der Waals surface area contributed by atoms with Crippen molar-refractivity contribution >= 4 is 0 Å². The Kier molecular flexibility index (Phi) is 5.08. The zero-order chi connectivity index (χ0) is 10.2. The van der Waals surface area contributed by atoms with E-state index in [4.69, 9.17) is 9.47 Å². The van der Waals surface area contributed by atoms with Gasteiger partial charge in [-0.25, -0.2) is 0 Å². The number of rotatable bonds is 6. The molecule has 77 valence electrons. The zero-order valence-corrected chi connectivity index (χ0v) is 8.66. The highest BCUT2D eigenvalue weighted by molar-refractivity contribution is 5.27. The maximum atomic E-state index is 5.44. The molecule has 0 aliphatic heterocycles. The summed E-state index contributed by atoms with van der Waals surface area (Å²) in [5.74, 6) is 0.898. The van der Waals surface area contributed by atoms with Gasteiger partial charge in [-0.2, -0.15) is 0 Å². The van der Waals surface area contributed by atoms with Crippen LogP contribution in [0.4, 0.5) is 0 Å². The fourth-order valence-electron chi connectivity index (χ4n) is 1.20. The number of aryl methyl sites for hydroxylation is 1. The van der Waals surface area contributed by atoms with E-state index < -0.39 is 0 Å². The third-order valence-electron chi connectivity index (χ3n) is 1.94. The van der Waals surface area contributed by atoms with Gasteiger partial charge in [0, 0.05) is 7.11 Å². The van der Waals surface area contributed by atoms with Gasteiger partial charge in [0.1, 0.15) is 12.4 Å². The lowest BCUT2D eigenvalue weighted by atomic mass is 10.1. The first-order chi connectivity index (χ1) is 6.86. The topological polar surface area (TPSA) is 18.5 Å². The summed E-state index contributed by atoms with van der Waals surface area (Å²) >= 11 is 0. The van der Waals surface area contributed by atoms with Crippen LogP contribution in [0.15, 0.2) is 24.3 Å². The van der Waals surface area contributed by atoms with Gasteiger partial charge in [0.15, 0.2) is 0 Å². The molecule has 1 aromatic carbocycles. The Hall–Kier alpha value is -1.02. The lowest BCUT2D eigenvalue weighted by Gasteiger charge is -2.05. The molecule has 0 aromatic heterocycles. The van der Waals surface area contributed by atoms with Crippen molar-refractivity contribution in [1.82, 2.24) is 0 Å². The van der Waals surface area contributed by atoms with Crippen molar-refractivity contribution in [3.05, 3.63) is 36.8 Å². The van der Waals surface area contributed by atoms with E-state index in [-0.39, 0.29) is 0 Å². The van der Waals surface area contributed by atoms with Crippen LogP contribution in [-0.2, 0) is 11.2 Å². The van der Waals surface area contributed by atoms with Crippen LogP contribution in [0.25, 0.3) is 0 Å². The Balaban J connectivity index is 2.38. The molecule has 14 heavy (non-hydrogen) atoms. The van der Waals surface area contributed by atoms with Gasteiger partial charge in [-0.05, 0) is 30.5 Å². The number of benzene rings is 1.